The standard InChI is InChI=1S/C29H22F3N7O2S2/c1-3-20-7-4-18(2)14-24(20)39-25(40)16-43-28(39)35-27(42)36-34-15-19-5-8-21(9-6-19)26-33-17-38(37-26)22-10-12-23(13-11-22)41-29(30,31)32/h3-15,17H,1,16H2,2H3,(H,36,42)/b34-15+,35-28-. The van der Waals surface area contributed by atoms with Crippen LogP contribution in [-0.4, -0.2) is 49.3 Å². The number of thioether (sulfide) groups is 1. The molecule has 14 heteroatoms. The van der Waals surface area contributed by atoms with Gasteiger partial charge in [-0.15, -0.1) is 18.3 Å². The number of hydrogen-bond acceptors (Lipinski definition) is 7. The summed E-state index contributed by atoms with van der Waals surface area (Å²) in [6.45, 7) is 5.78. The van der Waals surface area contributed by atoms with Gasteiger partial charge >= 0.3 is 6.36 Å². The molecule has 0 unspecified atom stereocenters. The van der Waals surface area contributed by atoms with Crippen molar-refractivity contribution in [1.29, 1.82) is 0 Å². The number of carbonyl (C=O) groups excluding carboxylic acids is 1. The number of carbonyl (C=O) groups is 1. The summed E-state index contributed by atoms with van der Waals surface area (Å²) in [6, 6.07) is 18.3. The number of aliphatic imine (C=N–C) groups is 1. The lowest BCUT2D eigenvalue weighted by Gasteiger charge is -2.19. The molecular formula is C29H22F3N7O2S2. The number of amides is 1. The Bertz CT molecular complexity index is 1730. The molecule has 1 fully saturated rings. The van der Waals surface area contributed by atoms with Gasteiger partial charge < -0.3 is 4.74 Å². The van der Waals surface area contributed by atoms with Crippen molar-refractivity contribution < 1.29 is 22.7 Å². The molecule has 1 saturated heterocycles. The van der Waals surface area contributed by atoms with E-state index >= 15 is 0 Å². The summed E-state index contributed by atoms with van der Waals surface area (Å²) >= 11 is 6.62. The summed E-state index contributed by atoms with van der Waals surface area (Å²) in [6.07, 6.45) is -0.0417. The quantitative estimate of drug-likeness (QED) is 0.151. The molecule has 3 aromatic carbocycles. The highest BCUT2D eigenvalue weighted by Crippen LogP contribution is 2.31. The number of halogens is 3. The molecule has 0 radical (unpaired) electrons. The number of hydrogen-bond donors (Lipinski definition) is 1. The van der Waals surface area contributed by atoms with Gasteiger partial charge in [0.2, 0.25) is 11.0 Å². The van der Waals surface area contributed by atoms with Crippen LogP contribution in [0.3, 0.4) is 0 Å². The minimum absolute atomic E-state index is 0.0932. The number of aromatic nitrogens is 3. The Kier molecular flexibility index (Phi) is 8.68. The Hall–Kier alpha value is -4.82. The van der Waals surface area contributed by atoms with E-state index in [1.165, 1.54) is 51.9 Å². The van der Waals surface area contributed by atoms with Crippen LogP contribution in [0.5, 0.6) is 5.75 Å². The predicted molar refractivity (Wildman–Crippen MR) is 165 cm³/mol. The van der Waals surface area contributed by atoms with Crippen LogP contribution in [0.15, 0.2) is 89.7 Å². The van der Waals surface area contributed by atoms with E-state index in [0.29, 0.717) is 22.4 Å². The lowest BCUT2D eigenvalue weighted by atomic mass is 10.1. The van der Waals surface area contributed by atoms with E-state index in [-0.39, 0.29) is 22.5 Å². The number of hydrazone groups is 1. The van der Waals surface area contributed by atoms with Crippen molar-refractivity contribution >= 4 is 58.1 Å². The lowest BCUT2D eigenvalue weighted by Crippen LogP contribution is -2.31. The topological polar surface area (TPSA) is 97.0 Å². The molecule has 1 aromatic heterocycles. The second kappa shape index (κ2) is 12.6. The molecule has 218 valence electrons. The lowest BCUT2D eigenvalue weighted by molar-refractivity contribution is -0.274. The summed E-state index contributed by atoms with van der Waals surface area (Å²) in [4.78, 5) is 22.9. The van der Waals surface area contributed by atoms with Crippen LogP contribution >= 0.6 is 24.0 Å². The van der Waals surface area contributed by atoms with Gasteiger partial charge in [-0.3, -0.25) is 15.1 Å². The Morgan fingerprint density at radius 2 is 1.88 bits per heavy atom. The highest BCUT2D eigenvalue weighted by atomic mass is 32.2. The van der Waals surface area contributed by atoms with Crippen LogP contribution in [0, 0.1) is 6.92 Å². The second-order valence-corrected chi connectivity index (χ2v) is 10.4. The minimum Gasteiger partial charge on any atom is -0.406 e. The fourth-order valence-corrected chi connectivity index (χ4v) is 5.08. The number of aryl methyl sites for hydroxylation is 1. The van der Waals surface area contributed by atoms with Gasteiger partial charge in [0.25, 0.3) is 0 Å². The predicted octanol–water partition coefficient (Wildman–Crippen LogP) is 6.13. The second-order valence-electron chi connectivity index (χ2n) is 9.03. The summed E-state index contributed by atoms with van der Waals surface area (Å²) in [5, 5.41) is 9.10. The summed E-state index contributed by atoms with van der Waals surface area (Å²) < 4.78 is 42.5. The molecule has 1 N–H and O–H groups in total. The maximum absolute atomic E-state index is 12.7. The number of nitrogens with zero attached hydrogens (tertiary/aromatic N) is 6. The summed E-state index contributed by atoms with van der Waals surface area (Å²) in [7, 11) is 0. The Morgan fingerprint density at radius 3 is 2.58 bits per heavy atom. The number of nitrogens with one attached hydrogen (secondary N) is 1. The van der Waals surface area contributed by atoms with Crippen molar-refractivity contribution in [3.63, 3.8) is 0 Å². The largest absolute Gasteiger partial charge is 0.573 e. The van der Waals surface area contributed by atoms with E-state index in [1.807, 2.05) is 25.1 Å². The van der Waals surface area contributed by atoms with Gasteiger partial charge in [0.05, 0.1) is 23.3 Å². The van der Waals surface area contributed by atoms with E-state index in [4.69, 9.17) is 12.2 Å². The third-order valence-corrected chi connectivity index (χ3v) is 7.08. The average molecular weight is 622 g/mol. The molecular weight excluding hydrogens is 599 g/mol. The van der Waals surface area contributed by atoms with E-state index < -0.39 is 6.36 Å². The van der Waals surface area contributed by atoms with Gasteiger partial charge in [0.15, 0.2) is 11.0 Å². The molecule has 43 heavy (non-hydrogen) atoms. The van der Waals surface area contributed by atoms with E-state index in [1.54, 1.807) is 36.6 Å². The van der Waals surface area contributed by atoms with Gasteiger partial charge in [-0.25, -0.2) is 9.67 Å². The van der Waals surface area contributed by atoms with Crippen molar-refractivity contribution in [2.45, 2.75) is 13.3 Å². The molecule has 0 spiro atoms. The van der Waals surface area contributed by atoms with Crippen molar-refractivity contribution in [3.8, 4) is 22.8 Å². The van der Waals surface area contributed by atoms with E-state index in [0.717, 1.165) is 22.3 Å². The molecule has 5 rings (SSSR count). The maximum Gasteiger partial charge on any atom is 0.573 e. The molecule has 0 bridgehead atoms. The monoisotopic (exact) mass is 621 g/mol. The molecule has 0 atom stereocenters. The van der Waals surface area contributed by atoms with Gasteiger partial charge in [-0.05, 0) is 66.2 Å². The fourth-order valence-electron chi connectivity index (χ4n) is 4.01. The minimum atomic E-state index is -4.76. The zero-order valence-corrected chi connectivity index (χ0v) is 24.1. The molecule has 2 heterocycles. The van der Waals surface area contributed by atoms with Crippen LogP contribution in [0.1, 0.15) is 16.7 Å². The number of thiocarbonyl (C=S) groups is 1. The first-order valence-electron chi connectivity index (χ1n) is 12.6. The van der Waals surface area contributed by atoms with Crippen molar-refractivity contribution in [1.82, 2.24) is 20.2 Å². The number of anilines is 1. The van der Waals surface area contributed by atoms with Crippen LogP contribution in [0.4, 0.5) is 18.9 Å². The first-order chi connectivity index (χ1) is 20.6. The first-order valence-corrected chi connectivity index (χ1v) is 14.0. The van der Waals surface area contributed by atoms with Crippen molar-refractivity contribution in [3.05, 3.63) is 96.3 Å². The summed E-state index contributed by atoms with van der Waals surface area (Å²) in [5.74, 6) is 0.250. The van der Waals surface area contributed by atoms with E-state index in [2.05, 4.69) is 36.9 Å². The summed E-state index contributed by atoms with van der Waals surface area (Å²) in [5.41, 5.74) is 7.22. The molecule has 4 aromatic rings. The maximum atomic E-state index is 12.7. The number of alkyl halides is 3. The molecule has 0 aliphatic carbocycles. The van der Waals surface area contributed by atoms with Gasteiger partial charge in [0.1, 0.15) is 12.1 Å². The first kappa shape index (κ1) is 29.7. The number of benzene rings is 3. The van der Waals surface area contributed by atoms with Crippen LogP contribution in [0.2, 0.25) is 0 Å². The van der Waals surface area contributed by atoms with Gasteiger partial charge in [-0.2, -0.15) is 10.1 Å². The normalized spacial score (nSPS) is 14.5. The fraction of sp³-hybridized carbons (Fsp3) is 0.103. The van der Waals surface area contributed by atoms with Gasteiger partial charge in [0, 0.05) is 5.56 Å². The number of rotatable bonds is 7. The zero-order valence-electron chi connectivity index (χ0n) is 22.4. The van der Waals surface area contributed by atoms with Gasteiger partial charge in [-0.1, -0.05) is 60.8 Å². The van der Waals surface area contributed by atoms with E-state index in [9.17, 15) is 18.0 Å². The third kappa shape index (κ3) is 7.34. The Labute approximate surface area is 253 Å². The third-order valence-electron chi connectivity index (χ3n) is 5.98. The highest BCUT2D eigenvalue weighted by Gasteiger charge is 2.32. The molecule has 1 aliphatic rings. The molecule has 1 amide bonds. The van der Waals surface area contributed by atoms with Crippen LogP contribution in [0.25, 0.3) is 23.2 Å². The smallest absolute Gasteiger partial charge is 0.406 e. The van der Waals surface area contributed by atoms with Crippen LogP contribution in [-0.2, 0) is 4.79 Å². The molecule has 0 saturated carbocycles. The SMILES string of the molecule is C=Cc1ccc(C)cc1N1C(=O)CS/C1=N\C(=S)N/N=C/c1ccc(-c2ncn(-c3ccc(OC(F)(F)F)cc3)n2)cc1. The molecule has 9 nitrogen and oxygen atoms in total. The Morgan fingerprint density at radius 1 is 1.14 bits per heavy atom. The van der Waals surface area contributed by atoms with Crippen molar-refractivity contribution in [2.24, 2.45) is 10.1 Å². The number of ether oxygens (including phenoxy) is 1. The van der Waals surface area contributed by atoms with Crippen molar-refractivity contribution in [2.75, 3.05) is 10.7 Å². The number of amidine groups is 1. The highest BCUT2D eigenvalue weighted by molar-refractivity contribution is 8.15. The average Bonchev–Trinajstić information content (AvgIpc) is 3.60. The zero-order chi connectivity index (χ0) is 30.6. The molecule has 1 aliphatic heterocycles. The Balaban J connectivity index is 1.21. The van der Waals surface area contributed by atoms with Crippen LogP contribution < -0.4 is 15.1 Å².